The molecule has 2 heteroatoms. The SMILES string of the molecule is CCCCCCCC(=O)C=CC1CCSCC1. The maximum Gasteiger partial charge on any atom is 0.155 e. The Hall–Kier alpha value is -0.240. The third-order valence-corrected chi connectivity index (χ3v) is 4.40. The maximum absolute atomic E-state index is 11.6. The third-order valence-electron chi connectivity index (χ3n) is 3.35. The standard InChI is InChI=1S/C15H26OS/c1-2-3-4-5-6-7-15(16)9-8-14-10-12-17-13-11-14/h8-9,14H,2-7,10-13H2,1H3. The predicted molar refractivity (Wildman–Crippen MR) is 77.6 cm³/mol. The van der Waals surface area contributed by atoms with Crippen molar-refractivity contribution in [1.29, 1.82) is 0 Å². The Morgan fingerprint density at radius 2 is 1.88 bits per heavy atom. The fourth-order valence-electron chi connectivity index (χ4n) is 2.14. The Kier molecular flexibility index (Phi) is 8.50. The van der Waals surface area contributed by atoms with Gasteiger partial charge in [-0.15, -0.1) is 0 Å². The summed E-state index contributed by atoms with van der Waals surface area (Å²) in [5.74, 6) is 3.53. The summed E-state index contributed by atoms with van der Waals surface area (Å²) < 4.78 is 0. The number of carbonyl (C=O) groups excluding carboxylic acids is 1. The van der Waals surface area contributed by atoms with E-state index in [1.54, 1.807) is 0 Å². The molecule has 1 rings (SSSR count). The number of hydrogen-bond acceptors (Lipinski definition) is 2. The highest BCUT2D eigenvalue weighted by molar-refractivity contribution is 7.99. The minimum Gasteiger partial charge on any atom is -0.295 e. The molecular weight excluding hydrogens is 228 g/mol. The van der Waals surface area contributed by atoms with E-state index in [1.165, 1.54) is 50.0 Å². The second-order valence-electron chi connectivity index (χ2n) is 4.94. The summed E-state index contributed by atoms with van der Waals surface area (Å²) in [6.45, 7) is 2.22. The van der Waals surface area contributed by atoms with Gasteiger partial charge < -0.3 is 0 Å². The zero-order chi connectivity index (χ0) is 12.3. The molecule has 0 amide bonds. The van der Waals surface area contributed by atoms with Gasteiger partial charge in [-0.05, 0) is 42.8 Å². The van der Waals surface area contributed by atoms with Crippen LogP contribution in [0, 0.1) is 5.92 Å². The van der Waals surface area contributed by atoms with E-state index in [2.05, 4.69) is 13.0 Å². The molecule has 1 aliphatic rings. The van der Waals surface area contributed by atoms with Crippen molar-refractivity contribution in [1.82, 2.24) is 0 Å². The van der Waals surface area contributed by atoms with Crippen molar-refractivity contribution in [3.05, 3.63) is 12.2 Å². The van der Waals surface area contributed by atoms with Gasteiger partial charge in [0, 0.05) is 6.42 Å². The Bertz CT molecular complexity index is 229. The lowest BCUT2D eigenvalue weighted by molar-refractivity contribution is -0.114. The van der Waals surface area contributed by atoms with Crippen LogP contribution in [0.1, 0.15) is 58.3 Å². The Balaban J connectivity index is 2.05. The van der Waals surface area contributed by atoms with Crippen LogP contribution in [0.2, 0.25) is 0 Å². The normalized spacial score (nSPS) is 17.7. The molecule has 98 valence electrons. The van der Waals surface area contributed by atoms with Crippen LogP contribution < -0.4 is 0 Å². The van der Waals surface area contributed by atoms with Gasteiger partial charge in [0.05, 0.1) is 0 Å². The van der Waals surface area contributed by atoms with Crippen molar-refractivity contribution in [3.8, 4) is 0 Å². The molecule has 17 heavy (non-hydrogen) atoms. The highest BCUT2D eigenvalue weighted by Crippen LogP contribution is 2.23. The predicted octanol–water partition coefficient (Wildman–Crippen LogP) is 4.62. The van der Waals surface area contributed by atoms with Crippen LogP contribution in [-0.4, -0.2) is 17.3 Å². The topological polar surface area (TPSA) is 17.1 Å². The van der Waals surface area contributed by atoms with Crippen LogP contribution in [0.15, 0.2) is 12.2 Å². The second kappa shape index (κ2) is 9.76. The molecule has 1 fully saturated rings. The molecule has 0 atom stereocenters. The fourth-order valence-corrected chi connectivity index (χ4v) is 3.28. The van der Waals surface area contributed by atoms with E-state index in [0.717, 1.165) is 12.8 Å². The van der Waals surface area contributed by atoms with Crippen molar-refractivity contribution in [3.63, 3.8) is 0 Å². The van der Waals surface area contributed by atoms with Crippen molar-refractivity contribution in [2.24, 2.45) is 5.92 Å². The summed E-state index contributed by atoms with van der Waals surface area (Å²) in [6, 6.07) is 0. The van der Waals surface area contributed by atoms with Crippen LogP contribution in [0.25, 0.3) is 0 Å². The first kappa shape index (κ1) is 14.8. The van der Waals surface area contributed by atoms with Gasteiger partial charge in [-0.2, -0.15) is 11.8 Å². The molecule has 1 saturated heterocycles. The van der Waals surface area contributed by atoms with Gasteiger partial charge in [-0.3, -0.25) is 4.79 Å². The van der Waals surface area contributed by atoms with Crippen LogP contribution in [0.3, 0.4) is 0 Å². The molecule has 0 bridgehead atoms. The fraction of sp³-hybridized carbons (Fsp3) is 0.800. The third kappa shape index (κ3) is 7.64. The summed E-state index contributed by atoms with van der Waals surface area (Å²) in [7, 11) is 0. The molecular formula is C15H26OS. The molecule has 0 N–H and O–H groups in total. The molecule has 0 saturated carbocycles. The van der Waals surface area contributed by atoms with Crippen molar-refractivity contribution < 1.29 is 4.79 Å². The van der Waals surface area contributed by atoms with E-state index in [0.29, 0.717) is 11.7 Å². The van der Waals surface area contributed by atoms with Gasteiger partial charge in [0.25, 0.3) is 0 Å². The summed E-state index contributed by atoms with van der Waals surface area (Å²) in [6.07, 6.45) is 13.4. The van der Waals surface area contributed by atoms with Crippen molar-refractivity contribution >= 4 is 17.5 Å². The Labute approximate surface area is 110 Å². The van der Waals surface area contributed by atoms with E-state index in [-0.39, 0.29) is 0 Å². The first-order chi connectivity index (χ1) is 8.33. The van der Waals surface area contributed by atoms with E-state index < -0.39 is 0 Å². The largest absolute Gasteiger partial charge is 0.295 e. The molecule has 0 radical (unpaired) electrons. The van der Waals surface area contributed by atoms with Gasteiger partial charge in [0.15, 0.2) is 5.78 Å². The van der Waals surface area contributed by atoms with Crippen LogP contribution in [0.4, 0.5) is 0 Å². The molecule has 0 aromatic rings. The van der Waals surface area contributed by atoms with Crippen LogP contribution >= 0.6 is 11.8 Å². The molecule has 0 aromatic heterocycles. The van der Waals surface area contributed by atoms with Crippen LogP contribution in [-0.2, 0) is 4.79 Å². The number of ketones is 1. The quantitative estimate of drug-likeness (QED) is 0.464. The van der Waals surface area contributed by atoms with Gasteiger partial charge in [0.2, 0.25) is 0 Å². The average Bonchev–Trinajstić information content (AvgIpc) is 2.37. The first-order valence-electron chi connectivity index (χ1n) is 7.11. The summed E-state index contributed by atoms with van der Waals surface area (Å²) in [4.78, 5) is 11.6. The zero-order valence-electron chi connectivity index (χ0n) is 11.1. The average molecular weight is 254 g/mol. The molecule has 1 aliphatic heterocycles. The molecule has 1 heterocycles. The lowest BCUT2D eigenvalue weighted by Gasteiger charge is -2.17. The number of carbonyl (C=O) groups is 1. The molecule has 1 nitrogen and oxygen atoms in total. The lowest BCUT2D eigenvalue weighted by atomic mass is 10.0. The zero-order valence-corrected chi connectivity index (χ0v) is 11.9. The van der Waals surface area contributed by atoms with Gasteiger partial charge >= 0.3 is 0 Å². The number of allylic oxidation sites excluding steroid dienone is 2. The van der Waals surface area contributed by atoms with E-state index >= 15 is 0 Å². The molecule has 0 spiro atoms. The van der Waals surface area contributed by atoms with Crippen molar-refractivity contribution in [2.75, 3.05) is 11.5 Å². The highest BCUT2D eigenvalue weighted by Gasteiger charge is 2.10. The maximum atomic E-state index is 11.6. The summed E-state index contributed by atoms with van der Waals surface area (Å²) >= 11 is 2.04. The summed E-state index contributed by atoms with van der Waals surface area (Å²) in [5, 5.41) is 0. The highest BCUT2D eigenvalue weighted by atomic mass is 32.2. The minimum atomic E-state index is 0.333. The number of rotatable bonds is 8. The van der Waals surface area contributed by atoms with Crippen molar-refractivity contribution in [2.45, 2.75) is 58.3 Å². The number of unbranched alkanes of at least 4 members (excludes halogenated alkanes) is 4. The smallest absolute Gasteiger partial charge is 0.155 e. The second-order valence-corrected chi connectivity index (χ2v) is 6.16. The van der Waals surface area contributed by atoms with Crippen LogP contribution in [0.5, 0.6) is 0 Å². The van der Waals surface area contributed by atoms with Gasteiger partial charge in [-0.25, -0.2) is 0 Å². The number of hydrogen-bond donors (Lipinski definition) is 0. The summed E-state index contributed by atoms with van der Waals surface area (Å²) in [5.41, 5.74) is 0. The van der Waals surface area contributed by atoms with E-state index in [4.69, 9.17) is 0 Å². The van der Waals surface area contributed by atoms with Gasteiger partial charge in [0.1, 0.15) is 0 Å². The lowest BCUT2D eigenvalue weighted by Crippen LogP contribution is -2.07. The minimum absolute atomic E-state index is 0.333. The van der Waals surface area contributed by atoms with E-state index in [1.807, 2.05) is 17.8 Å². The molecule has 0 aromatic carbocycles. The molecule has 0 aliphatic carbocycles. The molecule has 0 unspecified atom stereocenters. The van der Waals surface area contributed by atoms with Gasteiger partial charge in [-0.1, -0.05) is 38.7 Å². The monoisotopic (exact) mass is 254 g/mol. The first-order valence-corrected chi connectivity index (χ1v) is 8.27. The Morgan fingerprint density at radius 3 is 2.59 bits per heavy atom. The number of thioether (sulfide) groups is 1. The Morgan fingerprint density at radius 1 is 1.18 bits per heavy atom. The van der Waals surface area contributed by atoms with E-state index in [9.17, 15) is 4.79 Å².